The van der Waals surface area contributed by atoms with Crippen molar-refractivity contribution in [2.75, 3.05) is 20.2 Å². The second-order valence-electron chi connectivity index (χ2n) is 5.21. The number of benzene rings is 1. The van der Waals surface area contributed by atoms with Crippen LogP contribution in [0.15, 0.2) is 29.3 Å². The molecule has 1 saturated carbocycles. The summed E-state index contributed by atoms with van der Waals surface area (Å²) in [5.41, 5.74) is 1.17. The van der Waals surface area contributed by atoms with Crippen molar-refractivity contribution in [1.29, 1.82) is 0 Å². The quantitative estimate of drug-likeness (QED) is 0.594. The zero-order valence-electron chi connectivity index (χ0n) is 12.5. The zero-order chi connectivity index (χ0) is 14.2. The molecule has 2 rings (SSSR count). The van der Waals surface area contributed by atoms with Gasteiger partial charge < -0.3 is 15.4 Å². The molecule has 1 aliphatic carbocycles. The maximum Gasteiger partial charge on any atom is 0.191 e. The monoisotopic (exact) mass is 275 g/mol. The molecule has 0 spiro atoms. The van der Waals surface area contributed by atoms with Crippen molar-refractivity contribution >= 4 is 5.96 Å². The molecule has 0 unspecified atom stereocenters. The Balaban J connectivity index is 1.87. The Labute approximate surface area is 121 Å². The highest BCUT2D eigenvalue weighted by atomic mass is 16.5. The number of para-hydroxylation sites is 1. The number of ether oxygens (including phenoxy) is 1. The molecule has 1 aliphatic rings. The molecule has 0 heterocycles. The number of hydrogen-bond donors (Lipinski definition) is 2. The van der Waals surface area contributed by atoms with E-state index in [1.165, 1.54) is 18.4 Å². The summed E-state index contributed by atoms with van der Waals surface area (Å²) in [6.07, 6.45) is 3.71. The molecule has 4 nitrogen and oxygen atoms in total. The van der Waals surface area contributed by atoms with Gasteiger partial charge in [-0.1, -0.05) is 25.1 Å². The molecule has 0 amide bonds. The fourth-order valence-corrected chi connectivity index (χ4v) is 1.93. The summed E-state index contributed by atoms with van der Waals surface area (Å²) in [5.74, 6) is 2.59. The third kappa shape index (κ3) is 4.76. The van der Waals surface area contributed by atoms with Crippen LogP contribution >= 0.6 is 0 Å². The van der Waals surface area contributed by atoms with Gasteiger partial charge in [-0.3, -0.25) is 4.99 Å². The van der Waals surface area contributed by atoms with Gasteiger partial charge in [-0.2, -0.15) is 0 Å². The largest absolute Gasteiger partial charge is 0.493 e. The molecule has 0 saturated heterocycles. The number of nitrogens with zero attached hydrogens (tertiary/aromatic N) is 1. The van der Waals surface area contributed by atoms with Crippen LogP contribution in [0.5, 0.6) is 5.75 Å². The number of aliphatic imine (C=N–C) groups is 1. The second kappa shape index (κ2) is 7.78. The molecule has 4 heteroatoms. The van der Waals surface area contributed by atoms with Crippen LogP contribution in [0.1, 0.15) is 31.7 Å². The van der Waals surface area contributed by atoms with E-state index in [1.807, 2.05) is 18.2 Å². The Hall–Kier alpha value is -1.71. The average Bonchev–Trinajstić information content (AvgIpc) is 3.30. The van der Waals surface area contributed by atoms with Gasteiger partial charge in [0.25, 0.3) is 0 Å². The first kappa shape index (κ1) is 14.7. The molecule has 110 valence electrons. The van der Waals surface area contributed by atoms with Crippen LogP contribution in [0.4, 0.5) is 0 Å². The van der Waals surface area contributed by atoms with Gasteiger partial charge in [0, 0.05) is 25.7 Å². The molecular weight excluding hydrogens is 250 g/mol. The van der Waals surface area contributed by atoms with Crippen molar-refractivity contribution in [2.45, 2.75) is 32.7 Å². The van der Waals surface area contributed by atoms with Crippen molar-refractivity contribution in [2.24, 2.45) is 10.9 Å². The molecule has 1 fully saturated rings. The van der Waals surface area contributed by atoms with E-state index in [4.69, 9.17) is 4.74 Å². The van der Waals surface area contributed by atoms with Crippen LogP contribution in [0.3, 0.4) is 0 Å². The fraction of sp³-hybridized carbons (Fsp3) is 0.562. The lowest BCUT2D eigenvalue weighted by molar-refractivity contribution is 0.296. The van der Waals surface area contributed by atoms with E-state index in [2.05, 4.69) is 28.6 Å². The molecule has 20 heavy (non-hydrogen) atoms. The minimum absolute atomic E-state index is 0.726. The number of nitrogens with one attached hydrogen (secondary N) is 2. The average molecular weight is 275 g/mol. The van der Waals surface area contributed by atoms with Crippen LogP contribution < -0.4 is 15.4 Å². The molecule has 1 aromatic carbocycles. The molecule has 0 bridgehead atoms. The van der Waals surface area contributed by atoms with E-state index in [0.717, 1.165) is 43.7 Å². The van der Waals surface area contributed by atoms with E-state index in [1.54, 1.807) is 7.05 Å². The molecule has 0 aliphatic heterocycles. The van der Waals surface area contributed by atoms with E-state index in [-0.39, 0.29) is 0 Å². The van der Waals surface area contributed by atoms with Crippen LogP contribution in [-0.4, -0.2) is 26.2 Å². The second-order valence-corrected chi connectivity index (χ2v) is 5.21. The van der Waals surface area contributed by atoms with Gasteiger partial charge in [0.05, 0.1) is 6.61 Å². The summed E-state index contributed by atoms with van der Waals surface area (Å²) in [4.78, 5) is 4.21. The SMILES string of the molecule is CCCNC(=NC)NCc1ccccc1OCC1CC1. The normalized spacial score (nSPS) is 15.0. The van der Waals surface area contributed by atoms with E-state index in [9.17, 15) is 0 Å². The Bertz CT molecular complexity index is 441. The van der Waals surface area contributed by atoms with Gasteiger partial charge in [0.1, 0.15) is 5.75 Å². The first-order chi connectivity index (χ1) is 9.83. The lowest BCUT2D eigenvalue weighted by Gasteiger charge is -2.14. The maximum atomic E-state index is 5.91. The smallest absolute Gasteiger partial charge is 0.191 e. The Kier molecular flexibility index (Phi) is 5.71. The first-order valence-corrected chi connectivity index (χ1v) is 7.48. The molecule has 2 N–H and O–H groups in total. The van der Waals surface area contributed by atoms with Gasteiger partial charge in [-0.15, -0.1) is 0 Å². The van der Waals surface area contributed by atoms with Crippen LogP contribution in [0.2, 0.25) is 0 Å². The number of guanidine groups is 1. The minimum Gasteiger partial charge on any atom is -0.493 e. The predicted molar refractivity (Wildman–Crippen MR) is 83.2 cm³/mol. The summed E-state index contributed by atoms with van der Waals surface area (Å²) >= 11 is 0. The highest BCUT2D eigenvalue weighted by molar-refractivity contribution is 5.79. The summed E-state index contributed by atoms with van der Waals surface area (Å²) < 4.78 is 5.91. The fourth-order valence-electron chi connectivity index (χ4n) is 1.93. The van der Waals surface area contributed by atoms with Crippen molar-refractivity contribution in [3.05, 3.63) is 29.8 Å². The van der Waals surface area contributed by atoms with Crippen LogP contribution in [0, 0.1) is 5.92 Å². The maximum absolute atomic E-state index is 5.91. The Morgan fingerprint density at radius 3 is 2.80 bits per heavy atom. The molecule has 1 aromatic rings. The third-order valence-corrected chi connectivity index (χ3v) is 3.36. The Morgan fingerprint density at radius 2 is 2.10 bits per heavy atom. The standard InChI is InChI=1S/C16H25N3O/c1-3-10-18-16(17-2)19-11-14-6-4-5-7-15(14)20-12-13-8-9-13/h4-7,13H,3,8-12H2,1-2H3,(H2,17,18,19). The van der Waals surface area contributed by atoms with E-state index >= 15 is 0 Å². The van der Waals surface area contributed by atoms with Gasteiger partial charge in [0.15, 0.2) is 5.96 Å². The number of hydrogen-bond acceptors (Lipinski definition) is 2. The van der Waals surface area contributed by atoms with Crippen molar-refractivity contribution in [3.63, 3.8) is 0 Å². The van der Waals surface area contributed by atoms with Crippen molar-refractivity contribution < 1.29 is 4.74 Å². The van der Waals surface area contributed by atoms with Gasteiger partial charge in [-0.25, -0.2) is 0 Å². The van der Waals surface area contributed by atoms with Crippen molar-refractivity contribution in [1.82, 2.24) is 10.6 Å². The topological polar surface area (TPSA) is 45.7 Å². The van der Waals surface area contributed by atoms with Crippen molar-refractivity contribution in [3.8, 4) is 5.75 Å². The lowest BCUT2D eigenvalue weighted by Crippen LogP contribution is -2.37. The summed E-state index contributed by atoms with van der Waals surface area (Å²) in [5, 5.41) is 6.59. The first-order valence-electron chi connectivity index (χ1n) is 7.48. The van der Waals surface area contributed by atoms with Crippen LogP contribution in [0.25, 0.3) is 0 Å². The number of rotatable bonds is 7. The molecule has 0 radical (unpaired) electrons. The molecule has 0 aromatic heterocycles. The van der Waals surface area contributed by atoms with Gasteiger partial charge in [0.2, 0.25) is 0 Å². The van der Waals surface area contributed by atoms with E-state index < -0.39 is 0 Å². The third-order valence-electron chi connectivity index (χ3n) is 3.36. The lowest BCUT2D eigenvalue weighted by atomic mass is 10.2. The Morgan fingerprint density at radius 1 is 1.30 bits per heavy atom. The summed E-state index contributed by atoms with van der Waals surface area (Å²) in [6, 6.07) is 8.21. The molecule has 0 atom stereocenters. The highest BCUT2D eigenvalue weighted by Gasteiger charge is 2.22. The molecular formula is C16H25N3O. The van der Waals surface area contributed by atoms with Crippen LogP contribution in [-0.2, 0) is 6.54 Å². The van der Waals surface area contributed by atoms with Gasteiger partial charge >= 0.3 is 0 Å². The summed E-state index contributed by atoms with van der Waals surface area (Å²) in [7, 11) is 1.79. The predicted octanol–water partition coefficient (Wildman–Crippen LogP) is 2.55. The summed E-state index contributed by atoms with van der Waals surface area (Å²) in [6.45, 7) is 4.64. The van der Waals surface area contributed by atoms with Gasteiger partial charge in [-0.05, 0) is 31.2 Å². The zero-order valence-corrected chi connectivity index (χ0v) is 12.5. The highest BCUT2D eigenvalue weighted by Crippen LogP contribution is 2.30. The minimum atomic E-state index is 0.726. The van der Waals surface area contributed by atoms with E-state index in [0.29, 0.717) is 0 Å².